The normalized spacial score (nSPS) is 14.7. The van der Waals surface area contributed by atoms with Gasteiger partial charge in [0, 0.05) is 0 Å². The van der Waals surface area contributed by atoms with Crippen LogP contribution >= 0.6 is 35.4 Å². The monoisotopic (exact) mass is 526 g/mol. The fraction of sp³-hybridized carbons (Fsp3) is 0.0400. The van der Waals surface area contributed by atoms with Crippen molar-refractivity contribution in [1.82, 2.24) is 5.32 Å². The molecule has 35 heavy (non-hydrogen) atoms. The molecule has 0 unspecified atom stereocenters. The number of hydrogen-bond donors (Lipinski definition) is 2. The van der Waals surface area contributed by atoms with Gasteiger partial charge in [0.15, 0.2) is 5.11 Å². The van der Waals surface area contributed by atoms with E-state index in [0.29, 0.717) is 27.6 Å². The quantitative estimate of drug-likeness (QED) is 0.263. The van der Waals surface area contributed by atoms with Crippen LogP contribution in [0.3, 0.4) is 0 Å². The van der Waals surface area contributed by atoms with Gasteiger partial charge in [-0.05, 0) is 71.9 Å². The number of nitrogens with one attached hydrogen (secondary N) is 1. The van der Waals surface area contributed by atoms with Gasteiger partial charge in [0.25, 0.3) is 11.8 Å². The van der Waals surface area contributed by atoms with E-state index in [-0.39, 0.29) is 27.9 Å². The average molecular weight is 527 g/mol. The van der Waals surface area contributed by atoms with Crippen LogP contribution in [0.25, 0.3) is 6.08 Å². The number of rotatable bonds is 6. The van der Waals surface area contributed by atoms with Crippen molar-refractivity contribution in [3.05, 3.63) is 99.0 Å². The molecule has 0 saturated carbocycles. The third kappa shape index (κ3) is 5.51. The minimum atomic E-state index is -1.01. The zero-order valence-electron chi connectivity index (χ0n) is 17.8. The van der Waals surface area contributed by atoms with Gasteiger partial charge < -0.3 is 9.84 Å². The highest BCUT2D eigenvalue weighted by Gasteiger charge is 2.34. The first kappa shape index (κ1) is 24.4. The highest BCUT2D eigenvalue weighted by molar-refractivity contribution is 7.80. The van der Waals surface area contributed by atoms with Crippen molar-refractivity contribution in [1.29, 1.82) is 0 Å². The molecule has 0 aromatic heterocycles. The van der Waals surface area contributed by atoms with Crippen molar-refractivity contribution >= 4 is 70.1 Å². The molecule has 1 aliphatic heterocycles. The fourth-order valence-corrected chi connectivity index (χ4v) is 3.88. The summed E-state index contributed by atoms with van der Waals surface area (Å²) in [5, 5.41) is 12.1. The molecule has 0 radical (unpaired) electrons. The summed E-state index contributed by atoms with van der Waals surface area (Å²) in [5.74, 6) is -1.69. The number of carboxylic acid groups (broad SMARTS) is 1. The summed E-state index contributed by atoms with van der Waals surface area (Å²) < 4.78 is 5.72. The molecule has 0 atom stereocenters. The van der Waals surface area contributed by atoms with E-state index >= 15 is 0 Å². The third-order valence-corrected chi connectivity index (χ3v) is 6.06. The zero-order chi connectivity index (χ0) is 25.1. The SMILES string of the molecule is O=C1NC(=S)N(c2ccc(Cl)c(Cl)c2)C(=O)/C1=C/c1ccc(OCc2cccc(C(=O)O)c2)cc1. The van der Waals surface area contributed by atoms with Crippen LogP contribution in [0.15, 0.2) is 72.3 Å². The first-order chi connectivity index (χ1) is 16.7. The van der Waals surface area contributed by atoms with E-state index in [1.54, 1.807) is 48.5 Å². The molecule has 10 heteroatoms. The van der Waals surface area contributed by atoms with Crippen LogP contribution in [-0.4, -0.2) is 28.0 Å². The van der Waals surface area contributed by atoms with Gasteiger partial charge in [-0.1, -0.05) is 47.5 Å². The average Bonchev–Trinajstić information content (AvgIpc) is 2.83. The summed E-state index contributed by atoms with van der Waals surface area (Å²) in [4.78, 5) is 37.9. The number of hydrogen-bond acceptors (Lipinski definition) is 5. The van der Waals surface area contributed by atoms with Gasteiger partial charge in [-0.15, -0.1) is 0 Å². The van der Waals surface area contributed by atoms with E-state index in [4.69, 9.17) is 45.3 Å². The van der Waals surface area contributed by atoms with Crippen LogP contribution in [0.5, 0.6) is 5.75 Å². The minimum Gasteiger partial charge on any atom is -0.489 e. The number of aromatic carboxylic acids is 1. The fourth-order valence-electron chi connectivity index (χ4n) is 3.30. The lowest BCUT2D eigenvalue weighted by Crippen LogP contribution is -2.54. The molecule has 3 aromatic rings. The number of carbonyl (C=O) groups is 3. The van der Waals surface area contributed by atoms with Crippen LogP contribution in [-0.2, 0) is 16.2 Å². The Morgan fingerprint density at radius 2 is 1.77 bits per heavy atom. The summed E-state index contributed by atoms with van der Waals surface area (Å²) in [6.45, 7) is 0.179. The first-order valence-electron chi connectivity index (χ1n) is 10.1. The molecule has 2 amide bonds. The maximum absolute atomic E-state index is 13.1. The van der Waals surface area contributed by atoms with Gasteiger partial charge in [0.05, 0.1) is 21.3 Å². The Labute approximate surface area is 215 Å². The largest absolute Gasteiger partial charge is 0.489 e. The van der Waals surface area contributed by atoms with Crippen molar-refractivity contribution in [2.75, 3.05) is 4.90 Å². The van der Waals surface area contributed by atoms with Crippen LogP contribution in [0, 0.1) is 0 Å². The van der Waals surface area contributed by atoms with E-state index in [1.165, 1.54) is 29.2 Å². The second-order valence-corrected chi connectivity index (χ2v) is 8.62. The zero-order valence-corrected chi connectivity index (χ0v) is 20.2. The van der Waals surface area contributed by atoms with E-state index < -0.39 is 17.8 Å². The van der Waals surface area contributed by atoms with Crippen LogP contribution in [0.1, 0.15) is 21.5 Å². The second-order valence-electron chi connectivity index (χ2n) is 7.42. The van der Waals surface area contributed by atoms with Crippen molar-refractivity contribution in [3.8, 4) is 5.75 Å². The van der Waals surface area contributed by atoms with Crippen molar-refractivity contribution < 1.29 is 24.2 Å². The van der Waals surface area contributed by atoms with E-state index in [2.05, 4.69) is 5.32 Å². The number of thiocarbonyl (C=S) groups is 1. The highest BCUT2D eigenvalue weighted by atomic mass is 35.5. The summed E-state index contributed by atoms with van der Waals surface area (Å²) in [6, 6.07) is 17.8. The molecule has 0 bridgehead atoms. The Bertz CT molecular complexity index is 1390. The molecule has 1 heterocycles. The lowest BCUT2D eigenvalue weighted by molar-refractivity contribution is -0.122. The van der Waals surface area contributed by atoms with Gasteiger partial charge in [0.1, 0.15) is 17.9 Å². The Hall–Kier alpha value is -3.72. The topological polar surface area (TPSA) is 95.9 Å². The maximum Gasteiger partial charge on any atom is 0.335 e. The smallest absolute Gasteiger partial charge is 0.335 e. The van der Waals surface area contributed by atoms with Crippen molar-refractivity contribution in [3.63, 3.8) is 0 Å². The number of benzene rings is 3. The molecule has 1 fully saturated rings. The molecule has 4 rings (SSSR count). The van der Waals surface area contributed by atoms with Crippen molar-refractivity contribution in [2.45, 2.75) is 6.61 Å². The Kier molecular flexibility index (Phi) is 7.16. The number of carboxylic acids is 1. The highest BCUT2D eigenvalue weighted by Crippen LogP contribution is 2.29. The molecule has 3 aromatic carbocycles. The molecule has 0 aliphatic carbocycles. The number of nitrogens with zero attached hydrogens (tertiary/aromatic N) is 1. The van der Waals surface area contributed by atoms with E-state index in [1.807, 2.05) is 0 Å². The van der Waals surface area contributed by atoms with Crippen LogP contribution < -0.4 is 15.0 Å². The van der Waals surface area contributed by atoms with E-state index in [9.17, 15) is 14.4 Å². The van der Waals surface area contributed by atoms with E-state index in [0.717, 1.165) is 0 Å². The van der Waals surface area contributed by atoms with Gasteiger partial charge in [0.2, 0.25) is 0 Å². The van der Waals surface area contributed by atoms with Crippen LogP contribution in [0.2, 0.25) is 10.0 Å². The third-order valence-electron chi connectivity index (χ3n) is 5.03. The summed E-state index contributed by atoms with van der Waals surface area (Å²) in [6.07, 6.45) is 1.45. The minimum absolute atomic E-state index is 0.0637. The lowest BCUT2D eigenvalue weighted by atomic mass is 10.1. The van der Waals surface area contributed by atoms with Gasteiger partial charge in [-0.25, -0.2) is 4.79 Å². The Morgan fingerprint density at radius 1 is 1.03 bits per heavy atom. The molecule has 2 N–H and O–H groups in total. The van der Waals surface area contributed by atoms with Crippen LogP contribution in [0.4, 0.5) is 5.69 Å². The second kappa shape index (κ2) is 10.3. The molecular formula is C25H16Cl2N2O5S. The lowest BCUT2D eigenvalue weighted by Gasteiger charge is -2.29. The number of ether oxygens (including phenoxy) is 1. The number of anilines is 1. The number of halogens is 2. The van der Waals surface area contributed by atoms with Gasteiger partial charge >= 0.3 is 5.97 Å². The predicted octanol–water partition coefficient (Wildman–Crippen LogP) is 5.10. The number of amides is 2. The Morgan fingerprint density at radius 3 is 2.46 bits per heavy atom. The molecule has 1 aliphatic rings. The molecule has 176 valence electrons. The molecular weight excluding hydrogens is 511 g/mol. The summed E-state index contributed by atoms with van der Waals surface area (Å²) >= 11 is 17.2. The van der Waals surface area contributed by atoms with Gasteiger partial charge in [-0.2, -0.15) is 0 Å². The van der Waals surface area contributed by atoms with Gasteiger partial charge in [-0.3, -0.25) is 19.8 Å². The standard InChI is InChI=1S/C25H16Cl2N2O5S/c26-20-9-6-17(12-21(20)27)29-23(31)19(22(30)28-25(29)35)11-14-4-7-18(8-5-14)34-13-15-2-1-3-16(10-15)24(32)33/h1-12H,13H2,(H,32,33)(H,28,30,35)/b19-11+. The van der Waals surface area contributed by atoms with Crippen molar-refractivity contribution in [2.24, 2.45) is 0 Å². The molecule has 0 spiro atoms. The molecule has 7 nitrogen and oxygen atoms in total. The summed E-state index contributed by atoms with van der Waals surface area (Å²) in [5.41, 5.74) is 1.74. The maximum atomic E-state index is 13.1. The summed E-state index contributed by atoms with van der Waals surface area (Å²) in [7, 11) is 0. The Balaban J connectivity index is 1.51. The predicted molar refractivity (Wildman–Crippen MR) is 137 cm³/mol. The number of carbonyl (C=O) groups excluding carboxylic acids is 2. The molecule has 1 saturated heterocycles. The first-order valence-corrected chi connectivity index (χ1v) is 11.3.